The molecule has 0 amide bonds. The van der Waals surface area contributed by atoms with Crippen LogP contribution in [0.5, 0.6) is 0 Å². The van der Waals surface area contributed by atoms with Gasteiger partial charge in [-0.05, 0) is 12.1 Å². The van der Waals surface area contributed by atoms with E-state index in [1.54, 1.807) is 12.3 Å². The Bertz CT molecular complexity index is 455. The number of hydrogen-bond donors (Lipinski definition) is 3. The first-order valence-corrected chi connectivity index (χ1v) is 4.31. The Kier molecular flexibility index (Phi) is 2.32. The molecule has 0 bridgehead atoms. The molecule has 2 heterocycles. The van der Waals surface area contributed by atoms with Crippen LogP contribution in [0.3, 0.4) is 0 Å². The van der Waals surface area contributed by atoms with Crippen LogP contribution in [-0.2, 0) is 0 Å². The standard InChI is InChI=1S/C9H10N6/c10-7-8(11)13-5-14-9(7)15-6-3-1-2-4-12-6/h1-5H,10H2,(H3,11,12,13,14,15). The van der Waals surface area contributed by atoms with Crippen molar-refractivity contribution >= 4 is 23.1 Å². The second-order valence-corrected chi connectivity index (χ2v) is 2.86. The molecule has 2 aromatic rings. The Morgan fingerprint density at radius 3 is 2.67 bits per heavy atom. The third-order valence-electron chi connectivity index (χ3n) is 1.83. The first-order valence-electron chi connectivity index (χ1n) is 4.31. The molecule has 76 valence electrons. The minimum Gasteiger partial charge on any atom is -0.393 e. The normalized spacial score (nSPS) is 9.87. The fourth-order valence-corrected chi connectivity index (χ4v) is 1.07. The van der Waals surface area contributed by atoms with Gasteiger partial charge in [-0.25, -0.2) is 15.0 Å². The van der Waals surface area contributed by atoms with Gasteiger partial charge in [-0.15, -0.1) is 0 Å². The summed E-state index contributed by atoms with van der Waals surface area (Å²) in [6.07, 6.45) is 3.01. The quantitative estimate of drug-likeness (QED) is 0.665. The predicted octanol–water partition coefficient (Wildman–Crippen LogP) is 0.780. The molecule has 0 unspecified atom stereocenters. The highest BCUT2D eigenvalue weighted by Gasteiger charge is 2.04. The Morgan fingerprint density at radius 1 is 1.07 bits per heavy atom. The average molecular weight is 202 g/mol. The smallest absolute Gasteiger partial charge is 0.160 e. The molecule has 0 saturated heterocycles. The van der Waals surface area contributed by atoms with Gasteiger partial charge in [0.05, 0.1) is 0 Å². The van der Waals surface area contributed by atoms with Gasteiger partial charge in [0.25, 0.3) is 0 Å². The van der Waals surface area contributed by atoms with Gasteiger partial charge >= 0.3 is 0 Å². The fourth-order valence-electron chi connectivity index (χ4n) is 1.07. The van der Waals surface area contributed by atoms with Crippen molar-refractivity contribution in [3.05, 3.63) is 30.7 Å². The lowest BCUT2D eigenvalue weighted by atomic mass is 10.4. The van der Waals surface area contributed by atoms with E-state index in [0.29, 0.717) is 17.3 Å². The molecule has 6 heteroatoms. The summed E-state index contributed by atoms with van der Waals surface area (Å²) in [7, 11) is 0. The lowest BCUT2D eigenvalue weighted by molar-refractivity contribution is 1.17. The average Bonchev–Trinajstić information content (AvgIpc) is 2.26. The van der Waals surface area contributed by atoms with Gasteiger partial charge in [0.2, 0.25) is 0 Å². The van der Waals surface area contributed by atoms with Crippen molar-refractivity contribution in [2.24, 2.45) is 0 Å². The van der Waals surface area contributed by atoms with Crippen LogP contribution in [0.2, 0.25) is 0 Å². The molecule has 0 spiro atoms. The van der Waals surface area contributed by atoms with Crippen LogP contribution >= 0.6 is 0 Å². The zero-order chi connectivity index (χ0) is 10.7. The molecule has 15 heavy (non-hydrogen) atoms. The number of nitrogens with two attached hydrogens (primary N) is 2. The van der Waals surface area contributed by atoms with Gasteiger partial charge < -0.3 is 16.8 Å². The van der Waals surface area contributed by atoms with E-state index in [4.69, 9.17) is 11.5 Å². The summed E-state index contributed by atoms with van der Waals surface area (Å²) in [5, 5.41) is 2.95. The molecule has 6 nitrogen and oxygen atoms in total. The van der Waals surface area contributed by atoms with Crippen molar-refractivity contribution in [2.45, 2.75) is 0 Å². The van der Waals surface area contributed by atoms with Gasteiger partial charge in [0, 0.05) is 6.20 Å². The zero-order valence-electron chi connectivity index (χ0n) is 7.88. The first-order chi connectivity index (χ1) is 7.27. The number of nitrogen functional groups attached to an aromatic ring is 2. The molecule has 0 saturated carbocycles. The molecule has 0 fully saturated rings. The molecule has 5 N–H and O–H groups in total. The van der Waals surface area contributed by atoms with E-state index in [1.165, 1.54) is 6.33 Å². The Morgan fingerprint density at radius 2 is 1.93 bits per heavy atom. The summed E-state index contributed by atoms with van der Waals surface area (Å²) < 4.78 is 0. The molecule has 2 rings (SSSR count). The lowest BCUT2D eigenvalue weighted by Crippen LogP contribution is -2.05. The van der Waals surface area contributed by atoms with Crippen LogP contribution in [-0.4, -0.2) is 15.0 Å². The molecule has 2 aromatic heterocycles. The number of pyridine rings is 1. The lowest BCUT2D eigenvalue weighted by Gasteiger charge is -2.07. The van der Waals surface area contributed by atoms with E-state index >= 15 is 0 Å². The molecular weight excluding hydrogens is 192 g/mol. The largest absolute Gasteiger partial charge is 0.393 e. The van der Waals surface area contributed by atoms with Gasteiger partial charge in [-0.2, -0.15) is 0 Å². The maximum Gasteiger partial charge on any atom is 0.160 e. The molecule has 0 aliphatic rings. The Balaban J connectivity index is 2.29. The summed E-state index contributed by atoms with van der Waals surface area (Å²) in [5.41, 5.74) is 11.6. The van der Waals surface area contributed by atoms with Crippen LogP contribution < -0.4 is 16.8 Å². The minimum absolute atomic E-state index is 0.253. The van der Waals surface area contributed by atoms with Crippen molar-refractivity contribution in [1.29, 1.82) is 0 Å². The van der Waals surface area contributed by atoms with Crippen LogP contribution in [0.1, 0.15) is 0 Å². The van der Waals surface area contributed by atoms with Crippen LogP contribution in [0, 0.1) is 0 Å². The molecular formula is C9H10N6. The highest BCUT2D eigenvalue weighted by atomic mass is 15.1. The van der Waals surface area contributed by atoms with Crippen molar-refractivity contribution < 1.29 is 0 Å². The van der Waals surface area contributed by atoms with Crippen molar-refractivity contribution in [2.75, 3.05) is 16.8 Å². The van der Waals surface area contributed by atoms with Crippen molar-refractivity contribution in [3.63, 3.8) is 0 Å². The zero-order valence-corrected chi connectivity index (χ0v) is 7.88. The predicted molar refractivity (Wildman–Crippen MR) is 58.4 cm³/mol. The first kappa shape index (κ1) is 9.20. The SMILES string of the molecule is Nc1ncnc(Nc2ccccn2)c1N. The Labute approximate surface area is 86.4 Å². The molecule has 0 atom stereocenters. The molecule has 0 aromatic carbocycles. The molecule has 0 aliphatic carbocycles. The van der Waals surface area contributed by atoms with Crippen LogP contribution in [0.25, 0.3) is 0 Å². The highest BCUT2D eigenvalue weighted by molar-refractivity contribution is 5.75. The second-order valence-electron chi connectivity index (χ2n) is 2.86. The van der Waals surface area contributed by atoms with Gasteiger partial charge in [-0.3, -0.25) is 0 Å². The topological polar surface area (TPSA) is 103 Å². The second kappa shape index (κ2) is 3.79. The van der Waals surface area contributed by atoms with Gasteiger partial charge in [0.15, 0.2) is 11.6 Å². The van der Waals surface area contributed by atoms with E-state index in [0.717, 1.165) is 0 Å². The van der Waals surface area contributed by atoms with Crippen molar-refractivity contribution in [1.82, 2.24) is 15.0 Å². The van der Waals surface area contributed by atoms with E-state index in [-0.39, 0.29) is 5.82 Å². The summed E-state index contributed by atoms with van der Waals surface area (Å²) in [6.45, 7) is 0. The monoisotopic (exact) mass is 202 g/mol. The maximum atomic E-state index is 5.69. The number of hydrogen-bond acceptors (Lipinski definition) is 6. The number of aromatic nitrogens is 3. The van der Waals surface area contributed by atoms with Crippen LogP contribution in [0.15, 0.2) is 30.7 Å². The molecule has 0 aliphatic heterocycles. The number of rotatable bonds is 2. The minimum atomic E-state index is 0.253. The molecule has 0 radical (unpaired) electrons. The van der Waals surface area contributed by atoms with E-state index in [1.807, 2.05) is 12.1 Å². The highest BCUT2D eigenvalue weighted by Crippen LogP contribution is 2.21. The number of anilines is 4. The number of nitrogens with one attached hydrogen (secondary N) is 1. The Hall–Kier alpha value is -2.37. The van der Waals surface area contributed by atoms with Crippen LogP contribution in [0.4, 0.5) is 23.1 Å². The summed E-state index contributed by atoms with van der Waals surface area (Å²) in [5.74, 6) is 1.37. The van der Waals surface area contributed by atoms with E-state index in [9.17, 15) is 0 Å². The maximum absolute atomic E-state index is 5.69. The van der Waals surface area contributed by atoms with E-state index in [2.05, 4.69) is 20.3 Å². The third kappa shape index (κ3) is 1.93. The summed E-state index contributed by atoms with van der Waals surface area (Å²) >= 11 is 0. The third-order valence-corrected chi connectivity index (χ3v) is 1.83. The summed E-state index contributed by atoms with van der Waals surface area (Å²) in [4.78, 5) is 11.8. The van der Waals surface area contributed by atoms with E-state index < -0.39 is 0 Å². The van der Waals surface area contributed by atoms with Crippen molar-refractivity contribution in [3.8, 4) is 0 Å². The van der Waals surface area contributed by atoms with Gasteiger partial charge in [0.1, 0.15) is 17.8 Å². The fraction of sp³-hybridized carbons (Fsp3) is 0. The summed E-state index contributed by atoms with van der Waals surface area (Å²) in [6, 6.07) is 5.48. The number of nitrogens with zero attached hydrogens (tertiary/aromatic N) is 3. The van der Waals surface area contributed by atoms with Gasteiger partial charge in [-0.1, -0.05) is 6.07 Å².